The van der Waals surface area contributed by atoms with E-state index in [1.54, 1.807) is 6.07 Å². The van der Waals surface area contributed by atoms with Crippen molar-refractivity contribution in [3.05, 3.63) is 18.3 Å². The third kappa shape index (κ3) is 1.60. The predicted molar refractivity (Wildman–Crippen MR) is 36.6 cm³/mol. The van der Waals surface area contributed by atoms with Gasteiger partial charge in [0, 0.05) is 0 Å². The number of hydrogen-bond acceptors (Lipinski definition) is 4. The lowest BCUT2D eigenvalue weighted by Crippen LogP contribution is -2.00. The molecule has 3 N–H and O–H groups in total. The minimum absolute atomic E-state index is 0.114. The van der Waals surface area contributed by atoms with Crippen LogP contribution in [0.4, 0.5) is 5.82 Å². The summed E-state index contributed by atoms with van der Waals surface area (Å²) in [6.07, 6.45) is 1.30. The Morgan fingerprint density at radius 3 is 2.80 bits per heavy atom. The average molecular weight is 140 g/mol. The van der Waals surface area contributed by atoms with Crippen molar-refractivity contribution in [3.63, 3.8) is 0 Å². The van der Waals surface area contributed by atoms with E-state index in [4.69, 9.17) is 10.2 Å². The van der Waals surface area contributed by atoms with E-state index < -0.39 is 0 Å². The number of nitrogens with zero attached hydrogens (tertiary/aromatic N) is 1. The van der Waals surface area contributed by atoms with E-state index in [2.05, 4.69) is 10.3 Å². The van der Waals surface area contributed by atoms with Gasteiger partial charge in [0.2, 0.25) is 0 Å². The number of aliphatic hydroxyl groups is 1. The van der Waals surface area contributed by atoms with E-state index >= 15 is 0 Å². The first kappa shape index (κ1) is 6.82. The van der Waals surface area contributed by atoms with Crippen molar-refractivity contribution in [1.82, 2.24) is 4.98 Å². The number of pyridine rings is 1. The van der Waals surface area contributed by atoms with Gasteiger partial charge in [-0.15, -0.1) is 0 Å². The Labute approximate surface area is 58.2 Å². The molecule has 1 aromatic heterocycles. The fourth-order valence-electron chi connectivity index (χ4n) is 0.572. The second-order valence-electron chi connectivity index (χ2n) is 1.74. The van der Waals surface area contributed by atoms with Crippen LogP contribution in [0.2, 0.25) is 0 Å². The van der Waals surface area contributed by atoms with Crippen LogP contribution in [0.5, 0.6) is 5.75 Å². The summed E-state index contributed by atoms with van der Waals surface area (Å²) < 4.78 is 0. The standard InChI is InChI=1S/C6H8N2O2/c9-4-8-6-2-1-5(10)3-7-6/h1-3,9-10H,4H2,(H,7,8). The number of aromatic hydroxyl groups is 1. The molecule has 10 heavy (non-hydrogen) atoms. The highest BCUT2D eigenvalue weighted by Gasteiger charge is 1.89. The van der Waals surface area contributed by atoms with Crippen molar-refractivity contribution >= 4 is 5.82 Å². The maximum Gasteiger partial charge on any atom is 0.134 e. The van der Waals surface area contributed by atoms with E-state index in [0.717, 1.165) is 0 Å². The van der Waals surface area contributed by atoms with Crippen LogP contribution in [-0.4, -0.2) is 21.9 Å². The molecule has 4 nitrogen and oxygen atoms in total. The molecule has 0 aliphatic rings. The highest BCUT2D eigenvalue weighted by Crippen LogP contribution is 2.08. The summed E-state index contributed by atoms with van der Waals surface area (Å²) in [6, 6.07) is 3.07. The normalized spacial score (nSPS) is 9.30. The first-order valence-corrected chi connectivity index (χ1v) is 2.82. The molecule has 0 radical (unpaired) electrons. The van der Waals surface area contributed by atoms with Crippen molar-refractivity contribution in [3.8, 4) is 5.75 Å². The molecule has 0 aromatic carbocycles. The number of rotatable bonds is 2. The monoisotopic (exact) mass is 140 g/mol. The van der Waals surface area contributed by atoms with Crippen LogP contribution in [0.15, 0.2) is 18.3 Å². The molecule has 0 unspecified atom stereocenters. The predicted octanol–water partition coefficient (Wildman–Crippen LogP) is 0.149. The van der Waals surface area contributed by atoms with Crippen LogP contribution in [0.1, 0.15) is 0 Å². The smallest absolute Gasteiger partial charge is 0.134 e. The molecule has 0 atom stereocenters. The maximum atomic E-state index is 8.77. The molecular weight excluding hydrogens is 132 g/mol. The molecule has 0 spiro atoms. The summed E-state index contributed by atoms with van der Waals surface area (Å²) in [5, 5.41) is 19.7. The summed E-state index contributed by atoms with van der Waals surface area (Å²) >= 11 is 0. The molecule has 0 fully saturated rings. The summed E-state index contributed by atoms with van der Waals surface area (Å²) in [7, 11) is 0. The third-order valence-electron chi connectivity index (χ3n) is 1.01. The molecule has 0 bridgehead atoms. The van der Waals surface area contributed by atoms with Crippen LogP contribution in [0.3, 0.4) is 0 Å². The van der Waals surface area contributed by atoms with E-state index in [-0.39, 0.29) is 12.5 Å². The molecule has 0 aliphatic heterocycles. The largest absolute Gasteiger partial charge is 0.506 e. The van der Waals surface area contributed by atoms with E-state index in [9.17, 15) is 0 Å². The Balaban J connectivity index is 2.69. The van der Waals surface area contributed by atoms with Crippen molar-refractivity contribution in [2.45, 2.75) is 0 Å². The highest BCUT2D eigenvalue weighted by atomic mass is 16.3. The molecular formula is C6H8N2O2. The van der Waals surface area contributed by atoms with E-state index in [1.165, 1.54) is 12.3 Å². The van der Waals surface area contributed by atoms with Gasteiger partial charge in [-0.3, -0.25) is 0 Å². The second kappa shape index (κ2) is 3.03. The number of aliphatic hydroxyl groups excluding tert-OH is 1. The Bertz CT molecular complexity index is 197. The van der Waals surface area contributed by atoms with Crippen LogP contribution in [0, 0.1) is 0 Å². The number of anilines is 1. The van der Waals surface area contributed by atoms with Crippen molar-refractivity contribution in [2.24, 2.45) is 0 Å². The summed E-state index contributed by atoms with van der Waals surface area (Å²) in [4.78, 5) is 3.75. The Kier molecular flexibility index (Phi) is 2.07. The Morgan fingerprint density at radius 2 is 2.30 bits per heavy atom. The second-order valence-corrected chi connectivity index (χ2v) is 1.74. The summed E-state index contributed by atoms with van der Waals surface area (Å²) in [5.74, 6) is 0.656. The third-order valence-corrected chi connectivity index (χ3v) is 1.01. The molecule has 54 valence electrons. The SMILES string of the molecule is OCNc1ccc(O)cn1. The molecule has 1 rings (SSSR count). The first-order valence-electron chi connectivity index (χ1n) is 2.82. The molecule has 0 saturated heterocycles. The highest BCUT2D eigenvalue weighted by molar-refractivity contribution is 5.36. The zero-order valence-corrected chi connectivity index (χ0v) is 5.28. The molecule has 0 amide bonds. The summed E-state index contributed by atoms with van der Waals surface area (Å²) in [5.41, 5.74) is 0. The Morgan fingerprint density at radius 1 is 1.50 bits per heavy atom. The van der Waals surface area contributed by atoms with Gasteiger partial charge in [0.1, 0.15) is 18.3 Å². The average Bonchev–Trinajstić information content (AvgIpc) is 1.95. The number of nitrogens with one attached hydrogen (secondary N) is 1. The van der Waals surface area contributed by atoms with Gasteiger partial charge >= 0.3 is 0 Å². The van der Waals surface area contributed by atoms with Gasteiger partial charge in [-0.2, -0.15) is 0 Å². The molecule has 1 heterocycles. The van der Waals surface area contributed by atoms with E-state index in [1.807, 2.05) is 0 Å². The lowest BCUT2D eigenvalue weighted by molar-refractivity contribution is 0.325. The van der Waals surface area contributed by atoms with Gasteiger partial charge < -0.3 is 15.5 Å². The quantitative estimate of drug-likeness (QED) is 0.511. The topological polar surface area (TPSA) is 65.4 Å². The van der Waals surface area contributed by atoms with Crippen molar-refractivity contribution in [2.75, 3.05) is 12.0 Å². The van der Waals surface area contributed by atoms with Gasteiger partial charge in [0.15, 0.2) is 0 Å². The molecule has 0 saturated carbocycles. The van der Waals surface area contributed by atoms with Crippen molar-refractivity contribution in [1.29, 1.82) is 0 Å². The summed E-state index contributed by atoms with van der Waals surface area (Å²) in [6.45, 7) is -0.155. The number of aromatic nitrogens is 1. The Hall–Kier alpha value is -1.29. The van der Waals surface area contributed by atoms with Crippen LogP contribution in [-0.2, 0) is 0 Å². The number of hydrogen-bond donors (Lipinski definition) is 3. The zero-order chi connectivity index (χ0) is 7.40. The zero-order valence-electron chi connectivity index (χ0n) is 5.28. The minimum atomic E-state index is -0.155. The molecule has 0 aliphatic carbocycles. The fraction of sp³-hybridized carbons (Fsp3) is 0.167. The van der Waals surface area contributed by atoms with Gasteiger partial charge in [-0.1, -0.05) is 0 Å². The maximum absolute atomic E-state index is 8.77. The van der Waals surface area contributed by atoms with Gasteiger partial charge in [-0.25, -0.2) is 4.98 Å². The van der Waals surface area contributed by atoms with Crippen LogP contribution < -0.4 is 5.32 Å². The first-order chi connectivity index (χ1) is 4.83. The van der Waals surface area contributed by atoms with Crippen LogP contribution in [0.25, 0.3) is 0 Å². The lowest BCUT2D eigenvalue weighted by atomic mass is 10.4. The van der Waals surface area contributed by atoms with Gasteiger partial charge in [0.25, 0.3) is 0 Å². The molecule has 1 aromatic rings. The van der Waals surface area contributed by atoms with Gasteiger partial charge in [0.05, 0.1) is 6.20 Å². The molecule has 4 heteroatoms. The minimum Gasteiger partial charge on any atom is -0.506 e. The van der Waals surface area contributed by atoms with Crippen LogP contribution >= 0.6 is 0 Å². The van der Waals surface area contributed by atoms with E-state index in [0.29, 0.717) is 5.82 Å². The lowest BCUT2D eigenvalue weighted by Gasteiger charge is -1.98. The fourth-order valence-corrected chi connectivity index (χ4v) is 0.572. The van der Waals surface area contributed by atoms with Crippen molar-refractivity contribution < 1.29 is 10.2 Å². The van der Waals surface area contributed by atoms with Gasteiger partial charge in [-0.05, 0) is 12.1 Å².